The second kappa shape index (κ2) is 7.45. The number of hydrogen-bond donors (Lipinski definition) is 1. The quantitative estimate of drug-likeness (QED) is 0.578. The van der Waals surface area contributed by atoms with Crippen LogP contribution in [-0.4, -0.2) is 123 Å². The summed E-state index contributed by atoms with van der Waals surface area (Å²) in [4.78, 5) is 0. The fourth-order valence-electron chi connectivity index (χ4n) is 3.96. The molecule has 6 nitrogen and oxygen atoms in total. The molecular formula is C12H36N6Si2. The van der Waals surface area contributed by atoms with E-state index < -0.39 is 16.0 Å². The van der Waals surface area contributed by atoms with E-state index in [4.69, 9.17) is 0 Å². The second-order valence-electron chi connectivity index (χ2n) is 6.45. The molecule has 0 unspecified atom stereocenters. The number of rotatable bonds is 8. The molecule has 0 rings (SSSR count). The highest BCUT2D eigenvalue weighted by Crippen LogP contribution is 2.28. The minimum Gasteiger partial charge on any atom is -0.320 e. The van der Waals surface area contributed by atoms with E-state index in [1.54, 1.807) is 0 Å². The van der Waals surface area contributed by atoms with Gasteiger partial charge in [0.25, 0.3) is 7.91 Å². The van der Waals surface area contributed by atoms with Crippen molar-refractivity contribution in [3.8, 4) is 0 Å². The lowest BCUT2D eigenvalue weighted by Crippen LogP contribution is -2.93. The predicted molar refractivity (Wildman–Crippen MR) is 93.9 cm³/mol. The van der Waals surface area contributed by atoms with Crippen LogP contribution in [0.1, 0.15) is 0 Å². The highest BCUT2D eigenvalue weighted by molar-refractivity contribution is 7.36. The number of nitrogens with one attached hydrogen (secondary N) is 1. The molecule has 0 saturated heterocycles. The van der Waals surface area contributed by atoms with E-state index in [1.165, 1.54) is 0 Å². The molecule has 0 aliphatic rings. The van der Waals surface area contributed by atoms with E-state index in [2.05, 4.69) is 106 Å². The summed E-state index contributed by atoms with van der Waals surface area (Å²) in [6.45, 7) is 0. The van der Waals surface area contributed by atoms with Crippen LogP contribution in [0.3, 0.4) is 0 Å². The Morgan fingerprint density at radius 1 is 0.600 bits per heavy atom. The van der Waals surface area contributed by atoms with Gasteiger partial charge in [-0.3, -0.25) is 0 Å². The molecule has 0 saturated carbocycles. The summed E-state index contributed by atoms with van der Waals surface area (Å²) < 4.78 is 12.4. The average molecular weight is 321 g/mol. The molecule has 20 heavy (non-hydrogen) atoms. The van der Waals surface area contributed by atoms with Crippen molar-refractivity contribution in [2.24, 2.45) is 0 Å². The summed E-state index contributed by atoms with van der Waals surface area (Å²) in [6.07, 6.45) is 1.04. The Kier molecular flexibility index (Phi) is 7.53. The van der Waals surface area contributed by atoms with Crippen molar-refractivity contribution in [1.82, 2.24) is 28.1 Å². The molecule has 8 heteroatoms. The van der Waals surface area contributed by atoms with Gasteiger partial charge in [-0.15, -0.1) is 0 Å². The van der Waals surface area contributed by atoms with Crippen LogP contribution in [0.4, 0.5) is 0 Å². The third-order valence-electron chi connectivity index (χ3n) is 4.31. The summed E-state index contributed by atoms with van der Waals surface area (Å²) in [5, 5.41) is 3.47. The van der Waals surface area contributed by atoms with Crippen LogP contribution in [0.15, 0.2) is 0 Å². The maximum absolute atomic E-state index is 3.47. The zero-order valence-corrected chi connectivity index (χ0v) is 17.4. The molecule has 0 heterocycles. The Labute approximate surface area is 128 Å². The van der Waals surface area contributed by atoms with Crippen LogP contribution in [0.5, 0.6) is 0 Å². The molecule has 0 fully saturated rings. The molecule has 0 aliphatic heterocycles. The highest BCUT2D eigenvalue weighted by atomic mass is 29.3. The third-order valence-corrected chi connectivity index (χ3v) is 23.4. The molecule has 0 aromatic rings. The lowest BCUT2D eigenvalue weighted by molar-refractivity contribution is 0.371. The zero-order chi connectivity index (χ0) is 16.3. The van der Waals surface area contributed by atoms with E-state index >= 15 is 0 Å². The van der Waals surface area contributed by atoms with E-state index in [1.807, 2.05) is 0 Å². The average Bonchev–Trinajstić information content (AvgIpc) is 2.25. The maximum Gasteiger partial charge on any atom is 0.307 e. The summed E-state index contributed by atoms with van der Waals surface area (Å²) in [6, 6.07) is 0. The van der Waals surface area contributed by atoms with Crippen molar-refractivity contribution in [1.29, 1.82) is 0 Å². The van der Waals surface area contributed by atoms with Crippen LogP contribution >= 0.6 is 0 Å². The SMILES string of the molecule is CNC[Si](N(C)C)(N(C)C)[Si](N(C)C)(N(C)C)N(C)C. The fourth-order valence-corrected chi connectivity index (χ4v) is 23.2. The van der Waals surface area contributed by atoms with Gasteiger partial charge in [-0.25, -0.2) is 0 Å². The molecular weight excluding hydrogens is 284 g/mol. The smallest absolute Gasteiger partial charge is 0.307 e. The molecule has 122 valence electrons. The van der Waals surface area contributed by atoms with Gasteiger partial charge in [-0.1, -0.05) is 0 Å². The van der Waals surface area contributed by atoms with Crippen LogP contribution in [0, 0.1) is 0 Å². The highest BCUT2D eigenvalue weighted by Gasteiger charge is 2.65. The predicted octanol–water partition coefficient (Wildman–Crippen LogP) is -0.987. The van der Waals surface area contributed by atoms with Gasteiger partial charge in [0, 0.05) is 6.17 Å². The van der Waals surface area contributed by atoms with E-state index in [0.29, 0.717) is 0 Å². The van der Waals surface area contributed by atoms with Gasteiger partial charge in [0.2, 0.25) is 0 Å². The van der Waals surface area contributed by atoms with Crippen molar-refractivity contribution in [2.45, 2.75) is 0 Å². The lowest BCUT2D eigenvalue weighted by Gasteiger charge is -2.60. The Balaban J connectivity index is 6.41. The van der Waals surface area contributed by atoms with Crippen molar-refractivity contribution >= 4 is 16.0 Å². The first-order valence-corrected chi connectivity index (χ1v) is 12.0. The molecule has 0 aromatic heterocycles. The maximum atomic E-state index is 3.47. The third kappa shape index (κ3) is 2.88. The van der Waals surface area contributed by atoms with Crippen molar-refractivity contribution in [3.05, 3.63) is 0 Å². The summed E-state index contributed by atoms with van der Waals surface area (Å²) in [5.74, 6) is 0. The minimum absolute atomic E-state index is 1.04. The Morgan fingerprint density at radius 2 is 0.900 bits per heavy atom. The Bertz CT molecular complexity index is 264. The molecule has 1 N–H and O–H groups in total. The molecule has 0 spiro atoms. The van der Waals surface area contributed by atoms with E-state index in [-0.39, 0.29) is 0 Å². The van der Waals surface area contributed by atoms with Gasteiger partial charge in [-0.05, 0) is 77.5 Å². The minimum atomic E-state index is -2.03. The number of nitrogens with zero attached hydrogens (tertiary/aromatic N) is 5. The van der Waals surface area contributed by atoms with Gasteiger partial charge < -0.3 is 28.1 Å². The van der Waals surface area contributed by atoms with Gasteiger partial charge >= 0.3 is 8.08 Å². The first-order valence-electron chi connectivity index (χ1n) is 7.05. The second-order valence-corrected chi connectivity index (χ2v) is 18.6. The van der Waals surface area contributed by atoms with Crippen LogP contribution in [0.2, 0.25) is 0 Å². The summed E-state index contributed by atoms with van der Waals surface area (Å²) >= 11 is 0. The Morgan fingerprint density at radius 3 is 1.05 bits per heavy atom. The van der Waals surface area contributed by atoms with Crippen molar-refractivity contribution < 1.29 is 0 Å². The molecule has 0 aliphatic carbocycles. The molecule has 0 aromatic carbocycles. The monoisotopic (exact) mass is 320 g/mol. The van der Waals surface area contributed by atoms with Crippen LogP contribution in [0.25, 0.3) is 0 Å². The molecule has 0 atom stereocenters. The van der Waals surface area contributed by atoms with Gasteiger partial charge in [-0.2, -0.15) is 0 Å². The molecule has 0 radical (unpaired) electrons. The van der Waals surface area contributed by atoms with E-state index in [0.717, 1.165) is 6.17 Å². The first kappa shape index (κ1) is 20.2. The number of hydrogen-bond acceptors (Lipinski definition) is 6. The first-order chi connectivity index (χ1) is 9.03. The van der Waals surface area contributed by atoms with E-state index in [9.17, 15) is 0 Å². The van der Waals surface area contributed by atoms with Crippen LogP contribution < -0.4 is 5.32 Å². The molecule has 0 amide bonds. The zero-order valence-electron chi connectivity index (χ0n) is 15.4. The lowest BCUT2D eigenvalue weighted by atomic mass is 11.2. The summed E-state index contributed by atoms with van der Waals surface area (Å²) in [5.41, 5.74) is 0. The fraction of sp³-hybridized carbons (Fsp3) is 1.00. The largest absolute Gasteiger partial charge is 0.320 e. The van der Waals surface area contributed by atoms with Crippen molar-refractivity contribution in [3.63, 3.8) is 0 Å². The van der Waals surface area contributed by atoms with Gasteiger partial charge in [0.05, 0.1) is 0 Å². The normalized spacial score (nSPS) is 14.4. The topological polar surface area (TPSA) is 28.2 Å². The standard InChI is InChI=1S/C12H36N6Si2/c1-13-12-19(14(2)3,15(4)5)20(16(6)7,17(8)9)18(10)11/h13H,12H2,1-11H3. The van der Waals surface area contributed by atoms with Gasteiger partial charge in [0.15, 0.2) is 0 Å². The molecule has 0 bridgehead atoms. The Hall–Kier alpha value is 0.194. The van der Waals surface area contributed by atoms with Crippen LogP contribution in [-0.2, 0) is 0 Å². The van der Waals surface area contributed by atoms with Crippen molar-refractivity contribution in [2.75, 3.05) is 83.7 Å². The summed E-state index contributed by atoms with van der Waals surface area (Å²) in [7, 11) is 20.4. The van der Waals surface area contributed by atoms with Gasteiger partial charge in [0.1, 0.15) is 0 Å².